The van der Waals surface area contributed by atoms with Crippen LogP contribution < -0.4 is 5.73 Å². The van der Waals surface area contributed by atoms with Crippen molar-refractivity contribution in [1.29, 1.82) is 5.26 Å². The molecule has 0 amide bonds. The molecule has 0 aliphatic heterocycles. The zero-order valence-corrected chi connectivity index (χ0v) is 8.41. The zero-order chi connectivity index (χ0) is 8.27. The monoisotopic (exact) mass is 202 g/mol. The molecular weight excluding hydrogens is 192 g/mol. The van der Waals surface area contributed by atoms with Crippen molar-refractivity contribution < 1.29 is 0 Å². The van der Waals surface area contributed by atoms with Crippen molar-refractivity contribution in [3.8, 4) is 6.07 Å². The quantitative estimate of drug-likeness (QED) is 0.801. The maximum Gasteiger partial charge on any atom is 0.0642 e. The lowest BCUT2D eigenvalue weighted by Crippen LogP contribution is -2.06. The van der Waals surface area contributed by atoms with Crippen LogP contribution in [-0.4, -0.2) is 0 Å². The topological polar surface area (TPSA) is 49.8 Å². The zero-order valence-electron chi connectivity index (χ0n) is 6.78. The Hall–Kier alpha value is -0.560. The Kier molecular flexibility index (Phi) is 4.91. The largest absolute Gasteiger partial charge is 0.322 e. The van der Waals surface area contributed by atoms with E-state index in [1.807, 2.05) is 19.1 Å². The first-order valence-electron chi connectivity index (χ1n) is 3.43. The number of nitrogens with zero attached hydrogens (tertiary/aromatic N) is 1. The molecule has 0 saturated carbocycles. The maximum atomic E-state index is 8.38. The molecule has 2 N–H and O–H groups in total. The summed E-state index contributed by atoms with van der Waals surface area (Å²) in [7, 11) is 0. The minimum Gasteiger partial charge on any atom is -0.322 e. The second-order valence-corrected chi connectivity index (χ2v) is 3.74. The van der Waals surface area contributed by atoms with E-state index < -0.39 is 0 Å². The lowest BCUT2D eigenvalue weighted by atomic mass is 10.2. The van der Waals surface area contributed by atoms with Crippen LogP contribution >= 0.6 is 23.7 Å². The summed E-state index contributed by atoms with van der Waals surface area (Å²) in [4.78, 5) is 2.34. The summed E-state index contributed by atoms with van der Waals surface area (Å²) in [5, 5.41) is 8.38. The van der Waals surface area contributed by atoms with E-state index >= 15 is 0 Å². The van der Waals surface area contributed by atoms with Gasteiger partial charge in [0.15, 0.2) is 0 Å². The number of aryl methyl sites for hydroxylation is 1. The molecule has 1 aromatic rings. The van der Waals surface area contributed by atoms with Crippen LogP contribution in [0.2, 0.25) is 0 Å². The number of hydrogen-bond acceptors (Lipinski definition) is 3. The standard InChI is InChI=1S/C8H10N2S.ClH/c1-6-2-3-8(11-6)7(10)4-5-9;/h2-3,7H,4,10H2,1H3;1H/t7-;/m0./s1. The predicted octanol–water partition coefficient (Wildman–Crippen LogP) is 2.39. The van der Waals surface area contributed by atoms with Gasteiger partial charge >= 0.3 is 0 Å². The van der Waals surface area contributed by atoms with E-state index in [0.717, 1.165) is 4.88 Å². The van der Waals surface area contributed by atoms with E-state index in [-0.39, 0.29) is 18.4 Å². The molecule has 0 unspecified atom stereocenters. The van der Waals surface area contributed by atoms with Gasteiger partial charge in [-0.25, -0.2) is 0 Å². The smallest absolute Gasteiger partial charge is 0.0642 e. The third-order valence-electron chi connectivity index (χ3n) is 1.44. The van der Waals surface area contributed by atoms with E-state index in [1.54, 1.807) is 11.3 Å². The summed E-state index contributed by atoms with van der Waals surface area (Å²) in [6.45, 7) is 2.03. The average Bonchev–Trinajstić information content (AvgIpc) is 2.36. The van der Waals surface area contributed by atoms with Gasteiger partial charge in [0.2, 0.25) is 0 Å². The Bertz CT molecular complexity index is 277. The molecule has 0 radical (unpaired) electrons. The molecule has 0 aliphatic rings. The molecule has 1 rings (SSSR count). The van der Waals surface area contributed by atoms with Crippen LogP contribution in [0, 0.1) is 18.3 Å². The van der Waals surface area contributed by atoms with E-state index in [4.69, 9.17) is 11.0 Å². The minimum atomic E-state index is -0.0984. The third kappa shape index (κ3) is 2.82. The molecule has 1 heterocycles. The number of nitrogens with two attached hydrogens (primary N) is 1. The van der Waals surface area contributed by atoms with Gasteiger partial charge in [-0.2, -0.15) is 5.26 Å². The fourth-order valence-corrected chi connectivity index (χ4v) is 1.73. The highest BCUT2D eigenvalue weighted by Crippen LogP contribution is 2.22. The van der Waals surface area contributed by atoms with Crippen molar-refractivity contribution in [3.05, 3.63) is 21.9 Å². The molecule has 0 bridgehead atoms. The molecule has 0 saturated heterocycles. The van der Waals surface area contributed by atoms with Gasteiger partial charge in [0.25, 0.3) is 0 Å². The Morgan fingerprint density at radius 2 is 2.33 bits per heavy atom. The first-order chi connectivity index (χ1) is 5.24. The highest BCUT2D eigenvalue weighted by atomic mass is 35.5. The molecule has 0 fully saturated rings. The van der Waals surface area contributed by atoms with Gasteiger partial charge < -0.3 is 5.73 Å². The minimum absolute atomic E-state index is 0. The highest BCUT2D eigenvalue weighted by Gasteiger charge is 2.06. The van der Waals surface area contributed by atoms with Gasteiger partial charge in [-0.3, -0.25) is 0 Å². The molecule has 0 spiro atoms. The molecule has 4 heteroatoms. The van der Waals surface area contributed by atoms with Crippen molar-refractivity contribution in [2.45, 2.75) is 19.4 Å². The number of hydrogen-bond donors (Lipinski definition) is 1. The van der Waals surface area contributed by atoms with Crippen molar-refractivity contribution in [3.63, 3.8) is 0 Å². The predicted molar refractivity (Wildman–Crippen MR) is 53.5 cm³/mol. The first kappa shape index (κ1) is 11.4. The number of thiophene rings is 1. The van der Waals surface area contributed by atoms with Gasteiger partial charge in [0, 0.05) is 9.75 Å². The summed E-state index contributed by atoms with van der Waals surface area (Å²) in [5.74, 6) is 0. The maximum absolute atomic E-state index is 8.38. The summed E-state index contributed by atoms with van der Waals surface area (Å²) in [6.07, 6.45) is 0.403. The molecule has 66 valence electrons. The first-order valence-corrected chi connectivity index (χ1v) is 4.24. The summed E-state index contributed by atoms with van der Waals surface area (Å²) >= 11 is 1.66. The van der Waals surface area contributed by atoms with Crippen LogP contribution in [0.25, 0.3) is 0 Å². The van der Waals surface area contributed by atoms with Gasteiger partial charge in [-0.15, -0.1) is 23.7 Å². The van der Waals surface area contributed by atoms with Crippen LogP contribution in [0.5, 0.6) is 0 Å². The normalized spacial score (nSPS) is 11.4. The second kappa shape index (κ2) is 5.15. The van der Waals surface area contributed by atoms with E-state index in [0.29, 0.717) is 6.42 Å². The van der Waals surface area contributed by atoms with Crippen LogP contribution in [0.15, 0.2) is 12.1 Å². The average molecular weight is 203 g/mol. The Balaban J connectivity index is 0.00000121. The molecule has 2 nitrogen and oxygen atoms in total. The lowest BCUT2D eigenvalue weighted by molar-refractivity contribution is 0.765. The molecule has 1 aromatic heterocycles. The lowest BCUT2D eigenvalue weighted by Gasteiger charge is -2.01. The number of nitriles is 1. The Labute approximate surface area is 82.4 Å². The fraction of sp³-hybridized carbons (Fsp3) is 0.375. The van der Waals surface area contributed by atoms with Crippen LogP contribution in [0.4, 0.5) is 0 Å². The van der Waals surface area contributed by atoms with E-state index in [1.165, 1.54) is 4.88 Å². The highest BCUT2D eigenvalue weighted by molar-refractivity contribution is 7.12. The molecule has 1 atom stereocenters. The second-order valence-electron chi connectivity index (χ2n) is 2.42. The SMILES string of the molecule is Cc1ccc([C@@H](N)CC#N)s1.Cl. The number of rotatable bonds is 2. The molecule has 0 aliphatic carbocycles. The van der Waals surface area contributed by atoms with Crippen molar-refractivity contribution in [2.75, 3.05) is 0 Å². The van der Waals surface area contributed by atoms with E-state index in [9.17, 15) is 0 Å². The molecular formula is C8H11ClN2S. The van der Waals surface area contributed by atoms with Crippen LogP contribution in [0.1, 0.15) is 22.2 Å². The number of halogens is 1. The summed E-state index contributed by atoms with van der Waals surface area (Å²) in [6, 6.07) is 5.97. The Morgan fingerprint density at radius 1 is 1.67 bits per heavy atom. The fourth-order valence-electron chi connectivity index (χ4n) is 0.852. The third-order valence-corrected chi connectivity index (χ3v) is 2.57. The van der Waals surface area contributed by atoms with Crippen LogP contribution in [-0.2, 0) is 0 Å². The van der Waals surface area contributed by atoms with Crippen molar-refractivity contribution in [2.24, 2.45) is 5.73 Å². The van der Waals surface area contributed by atoms with Crippen molar-refractivity contribution in [1.82, 2.24) is 0 Å². The van der Waals surface area contributed by atoms with Gasteiger partial charge in [-0.1, -0.05) is 0 Å². The van der Waals surface area contributed by atoms with Gasteiger partial charge in [-0.05, 0) is 19.1 Å². The van der Waals surface area contributed by atoms with E-state index in [2.05, 4.69) is 6.07 Å². The van der Waals surface area contributed by atoms with Crippen molar-refractivity contribution >= 4 is 23.7 Å². The molecule has 12 heavy (non-hydrogen) atoms. The molecule has 0 aromatic carbocycles. The Morgan fingerprint density at radius 3 is 2.75 bits per heavy atom. The van der Waals surface area contributed by atoms with Gasteiger partial charge in [0.05, 0.1) is 18.5 Å². The summed E-state index contributed by atoms with van der Waals surface area (Å²) in [5.41, 5.74) is 5.71. The van der Waals surface area contributed by atoms with Gasteiger partial charge in [0.1, 0.15) is 0 Å². The summed E-state index contributed by atoms with van der Waals surface area (Å²) < 4.78 is 0. The van der Waals surface area contributed by atoms with Crippen LogP contribution in [0.3, 0.4) is 0 Å².